The van der Waals surface area contributed by atoms with Crippen LogP contribution in [-0.2, 0) is 9.53 Å². The van der Waals surface area contributed by atoms with Crippen molar-refractivity contribution in [3.05, 3.63) is 29.5 Å². The highest BCUT2D eigenvalue weighted by atomic mass is 16.5. The topological polar surface area (TPSA) is 86.8 Å². The Hall–Kier alpha value is -2.67. The molecular formula is C19H20N2O5. The van der Waals surface area contributed by atoms with Crippen molar-refractivity contribution >= 4 is 22.7 Å². The van der Waals surface area contributed by atoms with Gasteiger partial charge in [0, 0.05) is 18.4 Å². The van der Waals surface area contributed by atoms with E-state index in [9.17, 15) is 9.59 Å². The molecule has 0 bridgehead atoms. The molecular weight excluding hydrogens is 336 g/mol. The van der Waals surface area contributed by atoms with E-state index in [0.717, 1.165) is 10.9 Å². The van der Waals surface area contributed by atoms with Gasteiger partial charge in [-0.3, -0.25) is 9.59 Å². The number of esters is 1. The van der Waals surface area contributed by atoms with E-state index < -0.39 is 11.6 Å². The predicted molar refractivity (Wildman–Crippen MR) is 93.8 cm³/mol. The monoisotopic (exact) mass is 356 g/mol. The van der Waals surface area contributed by atoms with Crippen LogP contribution in [0.2, 0.25) is 0 Å². The Morgan fingerprint density at radius 2 is 2.19 bits per heavy atom. The van der Waals surface area contributed by atoms with Gasteiger partial charge in [0.05, 0.1) is 37.4 Å². The Bertz CT molecular complexity index is 926. The highest BCUT2D eigenvalue weighted by molar-refractivity contribution is 6.11. The average Bonchev–Trinajstić information content (AvgIpc) is 3.04. The summed E-state index contributed by atoms with van der Waals surface area (Å²) in [6.07, 6.45) is 0.594. The lowest BCUT2D eigenvalue weighted by Crippen LogP contribution is -2.44. The van der Waals surface area contributed by atoms with Gasteiger partial charge in [0.25, 0.3) is 0 Å². The molecule has 1 fully saturated rings. The summed E-state index contributed by atoms with van der Waals surface area (Å²) in [6.45, 7) is 2.24. The molecule has 4 rings (SSSR count). The second-order valence-electron chi connectivity index (χ2n) is 6.83. The molecule has 2 aromatic rings. The van der Waals surface area contributed by atoms with Gasteiger partial charge in [0.1, 0.15) is 17.4 Å². The van der Waals surface area contributed by atoms with Crippen molar-refractivity contribution < 1.29 is 23.8 Å². The number of ether oxygens (including phenoxy) is 3. The Labute approximate surface area is 150 Å². The van der Waals surface area contributed by atoms with Crippen LogP contribution in [0.4, 0.5) is 0 Å². The first-order valence-corrected chi connectivity index (χ1v) is 8.48. The number of nitrogens with zero attached hydrogens (tertiary/aromatic N) is 1. The number of nitrogens with one attached hydrogen (secondary N) is 1. The van der Waals surface area contributed by atoms with E-state index in [4.69, 9.17) is 14.2 Å². The SMILES string of the molecule is COC(=O)[C@@H]1C[C@@]2(CN1)CC(=O)c1c(c(C)nc3ccc(OC)cc13)O2. The summed E-state index contributed by atoms with van der Waals surface area (Å²) in [5.74, 6) is 0.796. The van der Waals surface area contributed by atoms with Gasteiger partial charge in [-0.15, -0.1) is 0 Å². The third-order valence-corrected chi connectivity index (χ3v) is 5.13. The number of rotatable bonds is 2. The maximum atomic E-state index is 13.1. The van der Waals surface area contributed by atoms with Crippen LogP contribution in [-0.4, -0.2) is 49.1 Å². The molecule has 0 unspecified atom stereocenters. The number of aromatic nitrogens is 1. The molecule has 1 spiro atoms. The molecule has 3 heterocycles. The highest BCUT2D eigenvalue weighted by Gasteiger charge is 2.49. The fourth-order valence-corrected chi connectivity index (χ4v) is 3.86. The number of hydrogen-bond donors (Lipinski definition) is 1. The van der Waals surface area contributed by atoms with E-state index in [1.807, 2.05) is 25.1 Å². The summed E-state index contributed by atoms with van der Waals surface area (Å²) >= 11 is 0. The Morgan fingerprint density at radius 1 is 1.38 bits per heavy atom. The number of hydrogen-bond acceptors (Lipinski definition) is 7. The van der Waals surface area contributed by atoms with Gasteiger partial charge in [-0.1, -0.05) is 0 Å². The maximum Gasteiger partial charge on any atom is 0.323 e. The molecule has 26 heavy (non-hydrogen) atoms. The van der Waals surface area contributed by atoms with Crippen LogP contribution in [0.5, 0.6) is 11.5 Å². The second-order valence-corrected chi connectivity index (χ2v) is 6.83. The fourth-order valence-electron chi connectivity index (χ4n) is 3.86. The molecule has 0 saturated carbocycles. The summed E-state index contributed by atoms with van der Waals surface area (Å²) in [4.78, 5) is 29.5. The number of pyridine rings is 1. The molecule has 1 aromatic carbocycles. The molecule has 1 N–H and O–H groups in total. The van der Waals surface area contributed by atoms with Gasteiger partial charge in [-0.25, -0.2) is 4.98 Å². The standard InChI is InChI=1S/C19H20N2O5/c1-10-17-16(12-6-11(24-2)4-5-13(12)21-10)15(22)8-19(26-17)7-14(20-9-19)18(23)25-3/h4-6,14,20H,7-9H2,1-3H3/t14-,19-/m0/s1. The molecule has 2 aliphatic rings. The number of ketones is 1. The largest absolute Gasteiger partial charge is 0.497 e. The van der Waals surface area contributed by atoms with Crippen molar-refractivity contribution in [1.82, 2.24) is 10.3 Å². The normalized spacial score (nSPS) is 24.4. The van der Waals surface area contributed by atoms with E-state index in [1.54, 1.807) is 7.11 Å². The van der Waals surface area contributed by atoms with Gasteiger partial charge < -0.3 is 19.5 Å². The minimum absolute atomic E-state index is 0.0117. The second kappa shape index (κ2) is 5.95. The molecule has 0 aliphatic carbocycles. The van der Waals surface area contributed by atoms with Crippen LogP contribution >= 0.6 is 0 Å². The Kier molecular flexibility index (Phi) is 3.84. The van der Waals surface area contributed by atoms with Crippen molar-refractivity contribution in [2.24, 2.45) is 0 Å². The molecule has 0 radical (unpaired) electrons. The Morgan fingerprint density at radius 3 is 2.92 bits per heavy atom. The van der Waals surface area contributed by atoms with Crippen molar-refractivity contribution in [2.75, 3.05) is 20.8 Å². The summed E-state index contributed by atoms with van der Waals surface area (Å²) in [7, 11) is 2.93. The van der Waals surface area contributed by atoms with Gasteiger partial charge in [-0.05, 0) is 25.1 Å². The lowest BCUT2D eigenvalue weighted by atomic mass is 9.86. The smallest absolute Gasteiger partial charge is 0.323 e. The molecule has 2 atom stereocenters. The van der Waals surface area contributed by atoms with Crippen molar-refractivity contribution in [3.8, 4) is 11.5 Å². The van der Waals surface area contributed by atoms with Crippen LogP contribution in [0, 0.1) is 6.92 Å². The lowest BCUT2D eigenvalue weighted by Gasteiger charge is -2.35. The molecule has 136 valence electrons. The van der Waals surface area contributed by atoms with E-state index in [2.05, 4.69) is 10.3 Å². The zero-order valence-corrected chi connectivity index (χ0v) is 14.9. The molecule has 7 heteroatoms. The number of fused-ring (bicyclic) bond motifs is 3. The number of methoxy groups -OCH3 is 2. The van der Waals surface area contributed by atoms with E-state index in [-0.39, 0.29) is 18.2 Å². The third-order valence-electron chi connectivity index (χ3n) is 5.13. The summed E-state index contributed by atoms with van der Waals surface area (Å²) in [5, 5.41) is 3.82. The zero-order valence-electron chi connectivity index (χ0n) is 14.9. The minimum Gasteiger partial charge on any atom is -0.497 e. The van der Waals surface area contributed by atoms with Crippen LogP contribution in [0.1, 0.15) is 28.9 Å². The number of aryl methyl sites for hydroxylation is 1. The van der Waals surface area contributed by atoms with E-state index in [1.165, 1.54) is 7.11 Å². The van der Waals surface area contributed by atoms with Gasteiger partial charge in [-0.2, -0.15) is 0 Å². The van der Waals surface area contributed by atoms with Crippen LogP contribution in [0.15, 0.2) is 18.2 Å². The van der Waals surface area contributed by atoms with Crippen LogP contribution in [0.3, 0.4) is 0 Å². The first kappa shape index (κ1) is 16.8. The van der Waals surface area contributed by atoms with E-state index in [0.29, 0.717) is 35.7 Å². The number of carbonyl (C=O) groups is 2. The zero-order chi connectivity index (χ0) is 18.5. The molecule has 2 aliphatic heterocycles. The number of carbonyl (C=O) groups excluding carboxylic acids is 2. The summed E-state index contributed by atoms with van der Waals surface area (Å²) < 4.78 is 16.4. The Balaban J connectivity index is 1.79. The quantitative estimate of drug-likeness (QED) is 0.821. The van der Waals surface area contributed by atoms with Gasteiger partial charge in [0.2, 0.25) is 0 Å². The lowest BCUT2D eigenvalue weighted by molar-refractivity contribution is -0.143. The highest BCUT2D eigenvalue weighted by Crippen LogP contribution is 2.42. The number of benzene rings is 1. The maximum absolute atomic E-state index is 13.1. The molecule has 1 aromatic heterocycles. The molecule has 7 nitrogen and oxygen atoms in total. The fraction of sp³-hybridized carbons (Fsp3) is 0.421. The molecule has 1 saturated heterocycles. The van der Waals surface area contributed by atoms with Crippen LogP contribution in [0.25, 0.3) is 10.9 Å². The summed E-state index contributed by atoms with van der Waals surface area (Å²) in [5.41, 5.74) is 1.18. The predicted octanol–water partition coefficient (Wildman–Crippen LogP) is 1.79. The van der Waals surface area contributed by atoms with Crippen LogP contribution < -0.4 is 14.8 Å². The van der Waals surface area contributed by atoms with Crippen molar-refractivity contribution in [1.29, 1.82) is 0 Å². The minimum atomic E-state index is -0.748. The van der Waals surface area contributed by atoms with Crippen molar-refractivity contribution in [2.45, 2.75) is 31.4 Å². The van der Waals surface area contributed by atoms with Gasteiger partial charge >= 0.3 is 5.97 Å². The molecule has 0 amide bonds. The first-order chi connectivity index (χ1) is 12.5. The summed E-state index contributed by atoms with van der Waals surface area (Å²) in [6, 6.07) is 5.00. The van der Waals surface area contributed by atoms with Crippen molar-refractivity contribution in [3.63, 3.8) is 0 Å². The average molecular weight is 356 g/mol. The first-order valence-electron chi connectivity index (χ1n) is 8.48. The van der Waals surface area contributed by atoms with E-state index >= 15 is 0 Å². The van der Waals surface area contributed by atoms with Gasteiger partial charge in [0.15, 0.2) is 11.5 Å². The third kappa shape index (κ3) is 2.50. The number of Topliss-reactive ketones (excluding diaryl/α,β-unsaturated/α-hetero) is 1.